The Hall–Kier alpha value is -3.10. The summed E-state index contributed by atoms with van der Waals surface area (Å²) in [6.45, 7) is 1.58. The minimum absolute atomic E-state index is 0.171. The van der Waals surface area contributed by atoms with Gasteiger partial charge in [-0.3, -0.25) is 14.6 Å². The zero-order valence-electron chi connectivity index (χ0n) is 14.7. The van der Waals surface area contributed by atoms with Crippen LogP contribution in [0.15, 0.2) is 42.6 Å². The van der Waals surface area contributed by atoms with Gasteiger partial charge in [-0.1, -0.05) is 30.3 Å². The zero-order chi connectivity index (χ0) is 19.6. The van der Waals surface area contributed by atoms with Crippen molar-refractivity contribution in [2.75, 3.05) is 0 Å². The molecule has 1 unspecified atom stereocenters. The molecule has 27 heavy (non-hydrogen) atoms. The van der Waals surface area contributed by atoms with Crippen LogP contribution in [0.4, 0.5) is 13.2 Å². The van der Waals surface area contributed by atoms with Crippen LogP contribution < -0.4 is 5.32 Å². The van der Waals surface area contributed by atoms with Gasteiger partial charge in [0.25, 0.3) is 5.91 Å². The van der Waals surface area contributed by atoms with Crippen LogP contribution in [0.5, 0.6) is 0 Å². The second-order valence-corrected chi connectivity index (χ2v) is 6.19. The molecule has 1 atom stereocenters. The van der Waals surface area contributed by atoms with E-state index in [0.717, 1.165) is 11.6 Å². The fourth-order valence-electron chi connectivity index (χ4n) is 2.71. The quantitative estimate of drug-likeness (QED) is 0.717. The maximum Gasteiger partial charge on any atom is 0.435 e. The van der Waals surface area contributed by atoms with Crippen LogP contribution in [0, 0.1) is 0 Å². The highest BCUT2D eigenvalue weighted by Crippen LogP contribution is 2.29. The molecule has 142 valence electrons. The lowest BCUT2D eigenvalue weighted by atomic mass is 10.1. The number of aromatic amines is 1. The van der Waals surface area contributed by atoms with Crippen LogP contribution in [0.1, 0.15) is 46.0 Å². The summed E-state index contributed by atoms with van der Waals surface area (Å²) in [5.41, 5.74) is 1.26. The third kappa shape index (κ3) is 4.18. The zero-order valence-corrected chi connectivity index (χ0v) is 14.7. The normalized spacial score (nSPS) is 12.8. The summed E-state index contributed by atoms with van der Waals surface area (Å²) in [5.74, 6) is -0.412. The summed E-state index contributed by atoms with van der Waals surface area (Å²) in [6, 6.07) is 9.82. The number of rotatable bonds is 5. The van der Waals surface area contributed by atoms with Crippen molar-refractivity contribution >= 4 is 5.91 Å². The lowest BCUT2D eigenvalue weighted by molar-refractivity contribution is -0.141. The number of hydrogen-bond donors (Lipinski definition) is 2. The largest absolute Gasteiger partial charge is 0.435 e. The molecule has 0 spiro atoms. The third-order valence-electron chi connectivity index (χ3n) is 4.22. The predicted octanol–water partition coefficient (Wildman–Crippen LogP) is 3.24. The summed E-state index contributed by atoms with van der Waals surface area (Å²) >= 11 is 0. The van der Waals surface area contributed by atoms with E-state index in [1.54, 1.807) is 18.7 Å². The number of nitrogens with zero attached hydrogens (tertiary/aromatic N) is 3. The first-order chi connectivity index (χ1) is 12.8. The number of aryl methyl sites for hydroxylation is 1. The molecule has 0 fully saturated rings. The first-order valence-corrected chi connectivity index (χ1v) is 8.24. The molecule has 9 heteroatoms. The van der Waals surface area contributed by atoms with E-state index in [9.17, 15) is 18.0 Å². The van der Waals surface area contributed by atoms with Crippen molar-refractivity contribution in [2.24, 2.45) is 7.05 Å². The second kappa shape index (κ2) is 7.26. The van der Waals surface area contributed by atoms with E-state index >= 15 is 0 Å². The van der Waals surface area contributed by atoms with Crippen molar-refractivity contribution in [1.82, 2.24) is 25.3 Å². The maximum atomic E-state index is 12.7. The van der Waals surface area contributed by atoms with Crippen molar-refractivity contribution in [3.05, 3.63) is 70.8 Å². The number of benzene rings is 1. The van der Waals surface area contributed by atoms with Crippen LogP contribution in [0.3, 0.4) is 0 Å². The van der Waals surface area contributed by atoms with Gasteiger partial charge in [0.15, 0.2) is 5.69 Å². The lowest BCUT2D eigenvalue weighted by Crippen LogP contribution is -2.27. The Morgan fingerprint density at radius 1 is 1.30 bits per heavy atom. The van der Waals surface area contributed by atoms with Crippen LogP contribution >= 0.6 is 0 Å². The molecule has 2 aromatic heterocycles. The number of nitrogens with one attached hydrogen (secondary N) is 2. The highest BCUT2D eigenvalue weighted by atomic mass is 19.4. The van der Waals surface area contributed by atoms with Crippen LogP contribution in [-0.4, -0.2) is 25.9 Å². The van der Waals surface area contributed by atoms with E-state index in [-0.39, 0.29) is 5.69 Å². The molecule has 2 N–H and O–H groups in total. The summed E-state index contributed by atoms with van der Waals surface area (Å²) in [5, 5.41) is 12.4. The van der Waals surface area contributed by atoms with Gasteiger partial charge in [0.05, 0.1) is 29.2 Å². The fraction of sp³-hybridized carbons (Fsp3) is 0.278. The molecule has 0 aliphatic carbocycles. The number of carbonyl (C=O) groups excluding carboxylic acids is 1. The fourth-order valence-corrected chi connectivity index (χ4v) is 2.71. The van der Waals surface area contributed by atoms with Crippen molar-refractivity contribution in [3.8, 4) is 0 Å². The molecular weight excluding hydrogens is 359 g/mol. The van der Waals surface area contributed by atoms with Gasteiger partial charge in [-0.05, 0) is 18.6 Å². The number of hydrogen-bond acceptors (Lipinski definition) is 3. The molecule has 3 aromatic rings. The van der Waals surface area contributed by atoms with Gasteiger partial charge in [0.2, 0.25) is 0 Å². The molecular formula is C18H18F3N5O. The SMILES string of the molecule is CC(NC(=O)c1cnn(C)c1Cc1ccccc1)c1cc(C(F)(F)F)n[nH]1. The topological polar surface area (TPSA) is 75.6 Å². The Kier molecular flexibility index (Phi) is 5.02. The first kappa shape index (κ1) is 18.7. The van der Waals surface area contributed by atoms with Gasteiger partial charge < -0.3 is 5.32 Å². The van der Waals surface area contributed by atoms with Crippen LogP contribution in [0.2, 0.25) is 0 Å². The molecule has 6 nitrogen and oxygen atoms in total. The van der Waals surface area contributed by atoms with Gasteiger partial charge in [-0.15, -0.1) is 0 Å². The van der Waals surface area contributed by atoms with Crippen molar-refractivity contribution < 1.29 is 18.0 Å². The van der Waals surface area contributed by atoms with Gasteiger partial charge in [-0.2, -0.15) is 23.4 Å². The Morgan fingerprint density at radius 3 is 2.63 bits per heavy atom. The smallest absolute Gasteiger partial charge is 0.344 e. The molecule has 0 aliphatic rings. The Labute approximate surface area is 153 Å². The summed E-state index contributed by atoms with van der Waals surface area (Å²) in [4.78, 5) is 12.6. The Morgan fingerprint density at radius 2 is 2.00 bits per heavy atom. The van der Waals surface area contributed by atoms with Crippen molar-refractivity contribution in [1.29, 1.82) is 0 Å². The molecule has 1 amide bonds. The predicted molar refractivity (Wildman–Crippen MR) is 91.9 cm³/mol. The average molecular weight is 377 g/mol. The van der Waals surface area contributed by atoms with Crippen LogP contribution in [-0.2, 0) is 19.6 Å². The van der Waals surface area contributed by atoms with Gasteiger partial charge in [-0.25, -0.2) is 0 Å². The van der Waals surface area contributed by atoms with Gasteiger partial charge in [0.1, 0.15) is 0 Å². The Balaban J connectivity index is 1.76. The minimum Gasteiger partial charge on any atom is -0.344 e. The molecule has 1 aromatic carbocycles. The summed E-state index contributed by atoms with van der Waals surface area (Å²) < 4.78 is 39.6. The molecule has 3 rings (SSSR count). The molecule has 0 saturated carbocycles. The highest BCUT2D eigenvalue weighted by Gasteiger charge is 2.34. The number of carbonyl (C=O) groups is 1. The molecule has 0 aliphatic heterocycles. The van der Waals surface area contributed by atoms with E-state index < -0.39 is 23.8 Å². The van der Waals surface area contributed by atoms with Crippen molar-refractivity contribution in [3.63, 3.8) is 0 Å². The van der Waals surface area contributed by atoms with Gasteiger partial charge >= 0.3 is 6.18 Å². The lowest BCUT2D eigenvalue weighted by Gasteiger charge is -2.13. The van der Waals surface area contributed by atoms with Crippen molar-refractivity contribution in [2.45, 2.75) is 25.6 Å². The van der Waals surface area contributed by atoms with E-state index in [4.69, 9.17) is 0 Å². The average Bonchev–Trinajstić information content (AvgIpc) is 3.24. The van der Waals surface area contributed by atoms with Gasteiger partial charge in [0, 0.05) is 13.5 Å². The molecule has 0 bridgehead atoms. The number of amides is 1. The highest BCUT2D eigenvalue weighted by molar-refractivity contribution is 5.95. The van der Waals surface area contributed by atoms with E-state index in [1.807, 2.05) is 30.3 Å². The maximum absolute atomic E-state index is 12.7. The molecule has 0 saturated heterocycles. The minimum atomic E-state index is -4.54. The first-order valence-electron chi connectivity index (χ1n) is 8.24. The standard InChI is InChI=1S/C18H18F3N5O/c1-11(14-9-16(25-24-14)18(19,20)21)23-17(27)13-10-22-26(2)15(13)8-12-6-4-3-5-7-12/h3-7,9-11H,8H2,1-2H3,(H,23,27)(H,24,25). The van der Waals surface area contributed by atoms with E-state index in [2.05, 4.69) is 20.6 Å². The summed E-state index contributed by atoms with van der Waals surface area (Å²) in [6.07, 6.45) is -2.57. The summed E-state index contributed by atoms with van der Waals surface area (Å²) in [7, 11) is 1.74. The van der Waals surface area contributed by atoms with E-state index in [0.29, 0.717) is 17.7 Å². The Bertz CT molecular complexity index is 930. The van der Waals surface area contributed by atoms with E-state index in [1.165, 1.54) is 6.20 Å². The monoisotopic (exact) mass is 377 g/mol. The third-order valence-corrected chi connectivity index (χ3v) is 4.22. The molecule has 0 radical (unpaired) electrons. The number of H-pyrrole nitrogens is 1. The molecule has 2 heterocycles. The number of alkyl halides is 3. The number of halogens is 3. The number of aromatic nitrogens is 4. The second-order valence-electron chi connectivity index (χ2n) is 6.19. The van der Waals surface area contributed by atoms with Crippen LogP contribution in [0.25, 0.3) is 0 Å².